The van der Waals surface area contributed by atoms with Gasteiger partial charge in [-0.05, 0) is 55.4 Å². The summed E-state index contributed by atoms with van der Waals surface area (Å²) in [6.45, 7) is 1.79. The summed E-state index contributed by atoms with van der Waals surface area (Å²) >= 11 is 0. The number of fused-ring (bicyclic) bond motifs is 1. The molecule has 1 aliphatic heterocycles. The van der Waals surface area contributed by atoms with Crippen LogP contribution in [0.25, 0.3) is 11.1 Å². The quantitative estimate of drug-likeness (QED) is 0.733. The molecule has 5 rings (SSSR count). The highest BCUT2D eigenvalue weighted by Gasteiger charge is 2.40. The third-order valence-corrected chi connectivity index (χ3v) is 6.16. The van der Waals surface area contributed by atoms with E-state index < -0.39 is 0 Å². The normalized spacial score (nSPS) is 18.0. The van der Waals surface area contributed by atoms with E-state index in [2.05, 4.69) is 20.3 Å². The third kappa shape index (κ3) is 3.50. The molecule has 150 valence electrons. The summed E-state index contributed by atoms with van der Waals surface area (Å²) in [5, 5.41) is 7.28. The van der Waals surface area contributed by atoms with Crippen molar-refractivity contribution in [3.05, 3.63) is 47.1 Å². The molecule has 3 heterocycles. The van der Waals surface area contributed by atoms with Crippen LogP contribution in [0.2, 0.25) is 0 Å². The van der Waals surface area contributed by atoms with E-state index in [1.807, 2.05) is 0 Å². The van der Waals surface area contributed by atoms with Gasteiger partial charge in [0.25, 0.3) is 5.56 Å². The topological polar surface area (TPSA) is 93.3 Å². The van der Waals surface area contributed by atoms with Crippen LogP contribution in [0.1, 0.15) is 32.1 Å². The average Bonchev–Trinajstić information content (AvgIpc) is 3.16. The fourth-order valence-corrected chi connectivity index (χ4v) is 4.48. The van der Waals surface area contributed by atoms with Crippen LogP contribution in [0.3, 0.4) is 0 Å². The van der Waals surface area contributed by atoms with Crippen LogP contribution in [0.5, 0.6) is 0 Å². The fourth-order valence-electron chi connectivity index (χ4n) is 4.48. The molecular weight excluding hydrogens is 370 g/mol. The standard InChI is InChI=1S/C21H23N5O3/c27-19(23-15-3-4-17-16(11-15)22-14-29-17)12-26-20(28)6-5-18(24-26)25-10-2-9-21(13-25)7-1-8-21/h3-6,11,14H,1-2,7-10,12-13H2,(H,23,27). The summed E-state index contributed by atoms with van der Waals surface area (Å²) in [4.78, 5) is 31.1. The number of oxazole rings is 1. The monoisotopic (exact) mass is 393 g/mol. The maximum Gasteiger partial charge on any atom is 0.267 e. The highest BCUT2D eigenvalue weighted by molar-refractivity contribution is 5.92. The van der Waals surface area contributed by atoms with Gasteiger partial charge in [-0.25, -0.2) is 9.67 Å². The van der Waals surface area contributed by atoms with Gasteiger partial charge in [0.05, 0.1) is 0 Å². The number of piperidine rings is 1. The molecule has 0 bridgehead atoms. The van der Waals surface area contributed by atoms with Gasteiger partial charge in [-0.2, -0.15) is 5.10 Å². The summed E-state index contributed by atoms with van der Waals surface area (Å²) in [5.41, 5.74) is 2.06. The first-order chi connectivity index (χ1) is 14.1. The van der Waals surface area contributed by atoms with E-state index in [0.717, 1.165) is 25.3 Å². The van der Waals surface area contributed by atoms with Crippen LogP contribution in [-0.4, -0.2) is 33.8 Å². The fraction of sp³-hybridized carbons (Fsp3) is 0.429. The average molecular weight is 393 g/mol. The van der Waals surface area contributed by atoms with Gasteiger partial charge in [0.2, 0.25) is 5.91 Å². The number of carbonyl (C=O) groups excluding carboxylic acids is 1. The Balaban J connectivity index is 1.30. The molecule has 0 unspecified atom stereocenters. The Morgan fingerprint density at radius 3 is 2.86 bits per heavy atom. The van der Waals surface area contributed by atoms with Gasteiger partial charge in [-0.3, -0.25) is 9.59 Å². The second-order valence-electron chi connectivity index (χ2n) is 8.15. The van der Waals surface area contributed by atoms with Gasteiger partial charge in [-0.15, -0.1) is 0 Å². The summed E-state index contributed by atoms with van der Waals surface area (Å²) in [5.74, 6) is 0.459. The second-order valence-corrected chi connectivity index (χ2v) is 8.15. The number of rotatable bonds is 4. The van der Waals surface area contributed by atoms with Gasteiger partial charge in [0.1, 0.15) is 17.9 Å². The SMILES string of the molecule is O=C(Cn1nc(N2CCCC3(CCC3)C2)ccc1=O)Nc1ccc2ocnc2c1. The highest BCUT2D eigenvalue weighted by Crippen LogP contribution is 2.47. The zero-order chi connectivity index (χ0) is 19.8. The van der Waals surface area contributed by atoms with E-state index >= 15 is 0 Å². The number of nitrogens with zero attached hydrogens (tertiary/aromatic N) is 4. The lowest BCUT2D eigenvalue weighted by atomic mass is 9.64. The number of benzene rings is 1. The second kappa shape index (κ2) is 7.02. The lowest BCUT2D eigenvalue weighted by molar-refractivity contribution is -0.117. The largest absolute Gasteiger partial charge is 0.443 e. The van der Waals surface area contributed by atoms with Crippen molar-refractivity contribution in [2.45, 2.75) is 38.6 Å². The van der Waals surface area contributed by atoms with Gasteiger partial charge in [0, 0.05) is 24.8 Å². The first-order valence-corrected chi connectivity index (χ1v) is 10.1. The Kier molecular flexibility index (Phi) is 4.34. The Hall–Kier alpha value is -3.16. The number of hydrogen-bond acceptors (Lipinski definition) is 6. The van der Waals surface area contributed by atoms with E-state index in [1.165, 1.54) is 42.8 Å². The summed E-state index contributed by atoms with van der Waals surface area (Å²) in [6.07, 6.45) is 7.65. The minimum absolute atomic E-state index is 0.136. The predicted molar refractivity (Wildman–Crippen MR) is 109 cm³/mol. The number of amides is 1. The Labute approximate surface area is 167 Å². The molecule has 0 atom stereocenters. The van der Waals surface area contributed by atoms with Gasteiger partial charge in [-0.1, -0.05) is 6.42 Å². The van der Waals surface area contributed by atoms with Crippen molar-refractivity contribution in [2.75, 3.05) is 23.3 Å². The zero-order valence-electron chi connectivity index (χ0n) is 16.1. The van der Waals surface area contributed by atoms with Crippen molar-refractivity contribution in [2.24, 2.45) is 5.41 Å². The smallest absolute Gasteiger partial charge is 0.267 e. The van der Waals surface area contributed by atoms with Crippen molar-refractivity contribution in [1.29, 1.82) is 0 Å². The molecule has 8 heteroatoms. The number of aromatic nitrogens is 3. The molecule has 1 amide bonds. The number of nitrogens with one attached hydrogen (secondary N) is 1. The van der Waals surface area contributed by atoms with Crippen LogP contribution in [0.4, 0.5) is 11.5 Å². The molecule has 1 N–H and O–H groups in total. The van der Waals surface area contributed by atoms with Crippen molar-refractivity contribution in [3.8, 4) is 0 Å². The lowest BCUT2D eigenvalue weighted by Crippen LogP contribution is -2.47. The van der Waals surface area contributed by atoms with E-state index in [4.69, 9.17) is 4.42 Å². The molecule has 1 saturated carbocycles. The van der Waals surface area contributed by atoms with Crippen LogP contribution in [-0.2, 0) is 11.3 Å². The molecule has 3 aromatic rings. The van der Waals surface area contributed by atoms with Gasteiger partial charge < -0.3 is 14.6 Å². The van der Waals surface area contributed by atoms with Gasteiger partial charge in [0.15, 0.2) is 12.0 Å². The zero-order valence-corrected chi connectivity index (χ0v) is 16.1. The molecule has 2 aromatic heterocycles. The first-order valence-electron chi connectivity index (χ1n) is 10.1. The van der Waals surface area contributed by atoms with Crippen molar-refractivity contribution in [3.63, 3.8) is 0 Å². The highest BCUT2D eigenvalue weighted by atomic mass is 16.3. The Morgan fingerprint density at radius 2 is 2.03 bits per heavy atom. The molecule has 1 aliphatic carbocycles. The molecule has 0 radical (unpaired) electrons. The van der Waals surface area contributed by atoms with E-state index in [9.17, 15) is 9.59 Å². The van der Waals surface area contributed by atoms with Crippen LogP contribution in [0, 0.1) is 5.41 Å². The van der Waals surface area contributed by atoms with Crippen LogP contribution >= 0.6 is 0 Å². The minimum Gasteiger partial charge on any atom is -0.443 e. The molecule has 2 aliphatic rings. The third-order valence-electron chi connectivity index (χ3n) is 6.16. The maximum absolute atomic E-state index is 12.5. The predicted octanol–water partition coefficient (Wildman–Crippen LogP) is 2.79. The molecule has 1 spiro atoms. The number of anilines is 2. The summed E-state index contributed by atoms with van der Waals surface area (Å²) in [7, 11) is 0. The molecule has 1 aromatic carbocycles. The minimum atomic E-state index is -0.311. The molecule has 1 saturated heterocycles. The van der Waals surface area contributed by atoms with Gasteiger partial charge >= 0.3 is 0 Å². The Bertz CT molecular complexity index is 1110. The van der Waals surface area contributed by atoms with Crippen LogP contribution < -0.4 is 15.8 Å². The maximum atomic E-state index is 12.5. The molecule has 8 nitrogen and oxygen atoms in total. The Morgan fingerprint density at radius 1 is 1.17 bits per heavy atom. The van der Waals surface area contributed by atoms with Crippen molar-refractivity contribution >= 4 is 28.5 Å². The molecule has 2 fully saturated rings. The van der Waals surface area contributed by atoms with E-state index in [0.29, 0.717) is 22.2 Å². The lowest BCUT2D eigenvalue weighted by Gasteiger charge is -2.49. The molecular formula is C21H23N5O3. The number of hydrogen-bond donors (Lipinski definition) is 1. The van der Waals surface area contributed by atoms with Crippen LogP contribution in [0.15, 0.2) is 45.9 Å². The summed E-state index contributed by atoms with van der Waals surface area (Å²) < 4.78 is 6.44. The van der Waals surface area contributed by atoms with Crippen molar-refractivity contribution < 1.29 is 9.21 Å². The van der Waals surface area contributed by atoms with E-state index in [1.54, 1.807) is 24.3 Å². The first kappa shape index (κ1) is 17.9. The number of carbonyl (C=O) groups is 1. The van der Waals surface area contributed by atoms with E-state index in [-0.39, 0.29) is 18.0 Å². The summed E-state index contributed by atoms with van der Waals surface area (Å²) in [6, 6.07) is 8.49. The van der Waals surface area contributed by atoms with Crippen molar-refractivity contribution in [1.82, 2.24) is 14.8 Å². The molecule has 29 heavy (non-hydrogen) atoms.